The van der Waals surface area contributed by atoms with Gasteiger partial charge in [-0.05, 0) is 56.1 Å². The summed E-state index contributed by atoms with van der Waals surface area (Å²) in [7, 11) is 0. The first-order chi connectivity index (χ1) is 13.1. The minimum atomic E-state index is 0.0836. The molecule has 1 aliphatic carbocycles. The molecule has 1 amide bonds. The molecule has 3 rings (SSSR count). The summed E-state index contributed by atoms with van der Waals surface area (Å²) < 4.78 is 2.34. The second-order valence-electron chi connectivity index (χ2n) is 7.46. The number of carbonyl (C=O) groups excluding carboxylic acids is 1. The van der Waals surface area contributed by atoms with E-state index in [1.165, 1.54) is 36.8 Å². The molecule has 1 heterocycles. The summed E-state index contributed by atoms with van der Waals surface area (Å²) in [5.41, 5.74) is 3.56. The van der Waals surface area contributed by atoms with E-state index in [1.807, 2.05) is 6.07 Å². The molecule has 0 aliphatic heterocycles. The molecule has 5 nitrogen and oxygen atoms in total. The Bertz CT molecular complexity index is 780. The summed E-state index contributed by atoms with van der Waals surface area (Å²) >= 11 is 1.67. The first kappa shape index (κ1) is 19.9. The molecule has 0 radical (unpaired) electrons. The van der Waals surface area contributed by atoms with E-state index >= 15 is 0 Å². The van der Waals surface area contributed by atoms with E-state index in [9.17, 15) is 4.79 Å². The third kappa shape index (κ3) is 5.12. The topological polar surface area (TPSA) is 59.8 Å². The van der Waals surface area contributed by atoms with Gasteiger partial charge in [-0.1, -0.05) is 42.8 Å². The Morgan fingerprint density at radius 2 is 2.00 bits per heavy atom. The molecule has 0 saturated heterocycles. The molecule has 2 aromatic rings. The van der Waals surface area contributed by atoms with Gasteiger partial charge in [-0.15, -0.1) is 10.2 Å². The van der Waals surface area contributed by atoms with Gasteiger partial charge in [0.1, 0.15) is 5.82 Å². The molecule has 1 N–H and O–H groups in total. The minimum absolute atomic E-state index is 0.0836. The van der Waals surface area contributed by atoms with Crippen molar-refractivity contribution in [2.45, 2.75) is 70.0 Å². The van der Waals surface area contributed by atoms with Gasteiger partial charge in [0.15, 0.2) is 5.16 Å². The van der Waals surface area contributed by atoms with Crippen molar-refractivity contribution in [1.82, 2.24) is 20.1 Å². The van der Waals surface area contributed by atoms with E-state index in [1.54, 1.807) is 11.8 Å². The summed E-state index contributed by atoms with van der Waals surface area (Å²) in [5, 5.41) is 12.8. The quantitative estimate of drug-likeness (QED) is 0.550. The number of benzene rings is 1. The number of nitrogens with one attached hydrogen (secondary N) is 1. The lowest BCUT2D eigenvalue weighted by Gasteiger charge is -2.16. The Hall–Kier alpha value is -1.82. The van der Waals surface area contributed by atoms with Crippen LogP contribution in [-0.2, 0) is 17.6 Å². The maximum absolute atomic E-state index is 12.2. The summed E-state index contributed by atoms with van der Waals surface area (Å²) in [6.07, 6.45) is 9.29. The Kier molecular flexibility index (Phi) is 6.94. The van der Waals surface area contributed by atoms with Crippen molar-refractivity contribution >= 4 is 17.7 Å². The van der Waals surface area contributed by atoms with E-state index in [0.29, 0.717) is 19.0 Å². The monoisotopic (exact) mass is 386 g/mol. The van der Waals surface area contributed by atoms with Crippen molar-refractivity contribution in [3.63, 3.8) is 0 Å². The Labute approximate surface area is 166 Å². The Morgan fingerprint density at radius 1 is 1.22 bits per heavy atom. The first-order valence-electron chi connectivity index (χ1n) is 9.89. The Morgan fingerprint density at radius 3 is 2.70 bits per heavy atom. The van der Waals surface area contributed by atoms with Crippen LogP contribution in [0.3, 0.4) is 0 Å². The highest BCUT2D eigenvalue weighted by molar-refractivity contribution is 7.98. The van der Waals surface area contributed by atoms with E-state index in [-0.39, 0.29) is 5.91 Å². The van der Waals surface area contributed by atoms with Crippen molar-refractivity contribution in [2.75, 3.05) is 12.8 Å². The molecule has 0 unspecified atom stereocenters. The summed E-state index contributed by atoms with van der Waals surface area (Å²) in [6.45, 7) is 4.85. The van der Waals surface area contributed by atoms with Crippen LogP contribution in [0.4, 0.5) is 0 Å². The third-order valence-corrected chi connectivity index (χ3v) is 6.09. The predicted octanol–water partition coefficient (Wildman–Crippen LogP) is 4.02. The third-order valence-electron chi connectivity index (χ3n) is 5.44. The van der Waals surface area contributed by atoms with Crippen LogP contribution in [0, 0.1) is 13.8 Å². The Balaban J connectivity index is 1.48. The van der Waals surface area contributed by atoms with Gasteiger partial charge in [0, 0.05) is 19.0 Å². The van der Waals surface area contributed by atoms with Crippen molar-refractivity contribution in [1.29, 1.82) is 0 Å². The molecule has 27 heavy (non-hydrogen) atoms. The zero-order chi connectivity index (χ0) is 19.2. The largest absolute Gasteiger partial charge is 0.356 e. The number of nitrogens with zero attached hydrogens (tertiary/aromatic N) is 3. The molecule has 1 saturated carbocycles. The summed E-state index contributed by atoms with van der Waals surface area (Å²) in [5.74, 6) is 1.15. The number of amides is 1. The number of carbonyl (C=O) groups is 1. The minimum Gasteiger partial charge on any atom is -0.356 e. The van der Waals surface area contributed by atoms with Crippen LogP contribution in [0.15, 0.2) is 23.4 Å². The normalized spacial score (nSPS) is 14.6. The van der Waals surface area contributed by atoms with Crippen LogP contribution in [-0.4, -0.2) is 33.5 Å². The zero-order valence-electron chi connectivity index (χ0n) is 16.6. The van der Waals surface area contributed by atoms with Gasteiger partial charge < -0.3 is 9.88 Å². The number of hydrogen-bond donors (Lipinski definition) is 1. The number of thioether (sulfide) groups is 1. The van der Waals surface area contributed by atoms with Gasteiger partial charge in [-0.3, -0.25) is 4.79 Å². The molecule has 0 atom stereocenters. The SMILES string of the molecule is CSc1nnc(CCCNC(=O)Cc2ccc(C)c(C)c2)n1C1CCCC1. The predicted molar refractivity (Wildman–Crippen MR) is 110 cm³/mol. The lowest BCUT2D eigenvalue weighted by Crippen LogP contribution is -2.26. The van der Waals surface area contributed by atoms with Crippen LogP contribution in [0.1, 0.15) is 60.7 Å². The van der Waals surface area contributed by atoms with E-state index < -0.39 is 0 Å². The van der Waals surface area contributed by atoms with Crippen LogP contribution >= 0.6 is 11.8 Å². The van der Waals surface area contributed by atoms with Crippen LogP contribution in [0.25, 0.3) is 0 Å². The van der Waals surface area contributed by atoms with Crippen molar-refractivity contribution in [2.24, 2.45) is 0 Å². The average Bonchev–Trinajstić information content (AvgIpc) is 3.30. The van der Waals surface area contributed by atoms with Gasteiger partial charge in [-0.25, -0.2) is 0 Å². The van der Waals surface area contributed by atoms with Crippen molar-refractivity contribution < 1.29 is 4.79 Å². The highest BCUT2D eigenvalue weighted by Gasteiger charge is 2.23. The highest BCUT2D eigenvalue weighted by Crippen LogP contribution is 2.33. The maximum Gasteiger partial charge on any atom is 0.224 e. The van der Waals surface area contributed by atoms with E-state index in [2.05, 4.69) is 52.3 Å². The standard InChI is InChI=1S/C21H30N4OS/c1-15-10-11-17(13-16(15)2)14-20(26)22-12-6-9-19-23-24-21(27-3)25(19)18-7-4-5-8-18/h10-11,13,18H,4-9,12,14H2,1-3H3,(H,22,26). The number of aromatic nitrogens is 3. The fourth-order valence-electron chi connectivity index (χ4n) is 3.78. The fraction of sp³-hybridized carbons (Fsp3) is 0.571. The molecule has 1 aromatic heterocycles. The molecule has 1 aromatic carbocycles. The van der Waals surface area contributed by atoms with E-state index in [4.69, 9.17) is 0 Å². The van der Waals surface area contributed by atoms with Crippen LogP contribution in [0.2, 0.25) is 0 Å². The van der Waals surface area contributed by atoms with Crippen molar-refractivity contribution in [3.05, 3.63) is 40.7 Å². The van der Waals surface area contributed by atoms with Crippen LogP contribution in [0.5, 0.6) is 0 Å². The van der Waals surface area contributed by atoms with Gasteiger partial charge in [0.2, 0.25) is 5.91 Å². The van der Waals surface area contributed by atoms with Gasteiger partial charge in [-0.2, -0.15) is 0 Å². The molecular formula is C21H30N4OS. The second-order valence-corrected chi connectivity index (χ2v) is 8.23. The number of rotatable bonds is 8. The maximum atomic E-state index is 12.2. The molecule has 146 valence electrons. The summed E-state index contributed by atoms with van der Waals surface area (Å²) in [4.78, 5) is 12.2. The molecule has 0 spiro atoms. The molecule has 6 heteroatoms. The average molecular weight is 387 g/mol. The van der Waals surface area contributed by atoms with Gasteiger partial charge in [0.25, 0.3) is 0 Å². The molecule has 0 bridgehead atoms. The molecular weight excluding hydrogens is 356 g/mol. The highest BCUT2D eigenvalue weighted by atomic mass is 32.2. The number of aryl methyl sites for hydroxylation is 3. The smallest absolute Gasteiger partial charge is 0.224 e. The number of hydrogen-bond acceptors (Lipinski definition) is 4. The second kappa shape index (κ2) is 9.40. The van der Waals surface area contributed by atoms with Crippen molar-refractivity contribution in [3.8, 4) is 0 Å². The first-order valence-corrected chi connectivity index (χ1v) is 11.1. The zero-order valence-corrected chi connectivity index (χ0v) is 17.4. The van der Waals surface area contributed by atoms with Gasteiger partial charge >= 0.3 is 0 Å². The summed E-state index contributed by atoms with van der Waals surface area (Å²) in [6, 6.07) is 6.77. The lowest BCUT2D eigenvalue weighted by atomic mass is 10.0. The van der Waals surface area contributed by atoms with Gasteiger partial charge in [0.05, 0.1) is 6.42 Å². The lowest BCUT2D eigenvalue weighted by molar-refractivity contribution is -0.120. The van der Waals surface area contributed by atoms with E-state index in [0.717, 1.165) is 29.4 Å². The molecule has 1 aliphatic rings. The van der Waals surface area contributed by atoms with Crippen LogP contribution < -0.4 is 5.32 Å². The molecule has 1 fully saturated rings. The fourth-order valence-corrected chi connectivity index (χ4v) is 4.36.